The van der Waals surface area contributed by atoms with Crippen molar-refractivity contribution in [1.82, 2.24) is 0 Å². The average Bonchev–Trinajstić information content (AvgIpc) is 2.54. The number of aryl methyl sites for hydroxylation is 1. The van der Waals surface area contributed by atoms with Gasteiger partial charge in [-0.1, -0.05) is 6.07 Å². The predicted molar refractivity (Wildman–Crippen MR) is 88.3 cm³/mol. The van der Waals surface area contributed by atoms with Crippen molar-refractivity contribution in [3.63, 3.8) is 0 Å². The number of alkyl halides is 2. The zero-order chi connectivity index (χ0) is 19.7. The molecular formula is C14H12F2N2O6S2. The van der Waals surface area contributed by atoms with E-state index in [1.54, 1.807) is 0 Å². The molecule has 12 heteroatoms. The summed E-state index contributed by atoms with van der Waals surface area (Å²) in [5.74, 6) is -3.60. The summed E-state index contributed by atoms with van der Waals surface area (Å²) in [7, 11) is -9.00. The molecule has 2 aromatic rings. The van der Waals surface area contributed by atoms with Crippen LogP contribution in [0.5, 0.6) is 0 Å². The highest BCUT2D eigenvalue weighted by Gasteiger charge is 2.26. The van der Waals surface area contributed by atoms with Gasteiger partial charge in [-0.05, 0) is 37.3 Å². The largest absolute Gasteiger partial charge is 0.341 e. The summed E-state index contributed by atoms with van der Waals surface area (Å²) < 4.78 is 74.3. The van der Waals surface area contributed by atoms with Crippen molar-refractivity contribution in [2.24, 2.45) is 0 Å². The highest BCUT2D eigenvalue weighted by atomic mass is 32.2. The molecular weight excluding hydrogens is 394 g/mol. The molecule has 0 atom stereocenters. The van der Waals surface area contributed by atoms with Crippen LogP contribution >= 0.6 is 0 Å². The van der Waals surface area contributed by atoms with Gasteiger partial charge in [0.05, 0.1) is 14.7 Å². The van der Waals surface area contributed by atoms with Crippen molar-refractivity contribution >= 4 is 31.2 Å². The van der Waals surface area contributed by atoms with E-state index < -0.39 is 35.4 Å². The van der Waals surface area contributed by atoms with Gasteiger partial charge in [0.25, 0.3) is 15.7 Å². The first-order valence-corrected chi connectivity index (χ1v) is 9.88. The maximum absolute atomic E-state index is 12.5. The zero-order valence-corrected chi connectivity index (χ0v) is 14.7. The molecule has 0 fully saturated rings. The van der Waals surface area contributed by atoms with Crippen molar-refractivity contribution in [2.75, 3.05) is 4.72 Å². The number of anilines is 1. The van der Waals surface area contributed by atoms with Crippen molar-refractivity contribution in [1.29, 1.82) is 0 Å². The Labute approximate surface area is 147 Å². The summed E-state index contributed by atoms with van der Waals surface area (Å²) in [5.41, 5.74) is -0.205. The monoisotopic (exact) mass is 406 g/mol. The Morgan fingerprint density at radius 2 is 1.54 bits per heavy atom. The van der Waals surface area contributed by atoms with Gasteiger partial charge in [-0.2, -0.15) is 8.78 Å². The predicted octanol–water partition coefficient (Wildman–Crippen LogP) is 2.70. The van der Waals surface area contributed by atoms with Crippen LogP contribution in [0.15, 0.2) is 52.3 Å². The van der Waals surface area contributed by atoms with Crippen molar-refractivity contribution in [3.05, 3.63) is 58.1 Å². The Kier molecular flexibility index (Phi) is 5.28. The van der Waals surface area contributed by atoms with E-state index in [1.807, 2.05) is 0 Å². The molecule has 0 bridgehead atoms. The molecule has 0 heterocycles. The number of halogens is 2. The average molecular weight is 406 g/mol. The highest BCUT2D eigenvalue weighted by Crippen LogP contribution is 2.25. The number of hydrogen-bond donors (Lipinski definition) is 1. The van der Waals surface area contributed by atoms with Crippen LogP contribution in [0.4, 0.5) is 20.2 Å². The number of sulfonamides is 1. The molecule has 1 N–H and O–H groups in total. The molecule has 0 aliphatic rings. The molecule has 0 saturated heterocycles. The molecule has 0 spiro atoms. The van der Waals surface area contributed by atoms with Gasteiger partial charge in [0.1, 0.15) is 0 Å². The van der Waals surface area contributed by atoms with Gasteiger partial charge < -0.3 is 0 Å². The van der Waals surface area contributed by atoms with Gasteiger partial charge in [0, 0.05) is 17.3 Å². The molecule has 8 nitrogen and oxygen atoms in total. The van der Waals surface area contributed by atoms with Crippen molar-refractivity contribution in [3.8, 4) is 0 Å². The fraction of sp³-hybridized carbons (Fsp3) is 0.143. The van der Waals surface area contributed by atoms with E-state index in [1.165, 1.54) is 19.1 Å². The molecule has 0 aromatic heterocycles. The first-order chi connectivity index (χ1) is 11.9. The van der Waals surface area contributed by atoms with Crippen LogP contribution in [-0.2, 0) is 19.9 Å². The van der Waals surface area contributed by atoms with Crippen LogP contribution in [0.1, 0.15) is 5.56 Å². The van der Waals surface area contributed by atoms with E-state index in [0.29, 0.717) is 0 Å². The lowest BCUT2D eigenvalue weighted by atomic mass is 10.2. The normalized spacial score (nSPS) is 12.2. The molecule has 0 unspecified atom stereocenters. The number of nitro groups is 1. The highest BCUT2D eigenvalue weighted by molar-refractivity contribution is 7.92. The molecule has 0 aliphatic heterocycles. The number of nitrogens with zero attached hydrogens (tertiary/aromatic N) is 1. The van der Waals surface area contributed by atoms with E-state index in [9.17, 15) is 35.7 Å². The minimum absolute atomic E-state index is 0.0959. The van der Waals surface area contributed by atoms with Crippen LogP contribution in [-0.4, -0.2) is 27.5 Å². The minimum atomic E-state index is -4.79. The maximum Gasteiger partial charge on any atom is 0.341 e. The van der Waals surface area contributed by atoms with Crippen molar-refractivity contribution in [2.45, 2.75) is 22.5 Å². The summed E-state index contributed by atoms with van der Waals surface area (Å²) in [6.07, 6.45) is 0. The topological polar surface area (TPSA) is 123 Å². The van der Waals surface area contributed by atoms with Crippen LogP contribution < -0.4 is 4.72 Å². The molecule has 140 valence electrons. The van der Waals surface area contributed by atoms with E-state index in [-0.39, 0.29) is 21.8 Å². The third kappa shape index (κ3) is 3.96. The standard InChI is InChI=1S/C14H12F2N2O6S2/c1-9-2-5-12(8-13(9)18(19)20)26(23,24)17-10-3-6-11(7-4-10)25(21,22)14(15)16/h2-8,14,17H,1H3. The van der Waals surface area contributed by atoms with Gasteiger partial charge in [-0.3, -0.25) is 14.8 Å². The fourth-order valence-electron chi connectivity index (χ4n) is 1.98. The molecule has 26 heavy (non-hydrogen) atoms. The number of nitro benzene ring substituents is 1. The molecule has 2 aromatic carbocycles. The zero-order valence-electron chi connectivity index (χ0n) is 13.1. The van der Waals surface area contributed by atoms with Crippen LogP contribution in [0, 0.1) is 17.0 Å². The van der Waals surface area contributed by atoms with Crippen LogP contribution in [0.25, 0.3) is 0 Å². The SMILES string of the molecule is Cc1ccc(S(=O)(=O)Nc2ccc(S(=O)(=O)C(F)F)cc2)cc1[N+](=O)[O-]. The summed E-state index contributed by atoms with van der Waals surface area (Å²) in [4.78, 5) is 9.15. The van der Waals surface area contributed by atoms with Gasteiger partial charge in [-0.25, -0.2) is 16.8 Å². The Balaban J connectivity index is 2.33. The van der Waals surface area contributed by atoms with Gasteiger partial charge in [-0.15, -0.1) is 0 Å². The molecule has 2 rings (SSSR count). The number of hydrogen-bond acceptors (Lipinski definition) is 6. The van der Waals surface area contributed by atoms with E-state index in [2.05, 4.69) is 4.72 Å². The summed E-state index contributed by atoms with van der Waals surface area (Å²) in [5, 5.41) is 10.9. The second kappa shape index (κ2) is 6.96. The van der Waals surface area contributed by atoms with Crippen molar-refractivity contribution < 1.29 is 30.5 Å². The number of benzene rings is 2. The smallest absolute Gasteiger partial charge is 0.280 e. The number of rotatable bonds is 6. The summed E-state index contributed by atoms with van der Waals surface area (Å²) in [6, 6.07) is 6.97. The molecule has 0 amide bonds. The minimum Gasteiger partial charge on any atom is -0.280 e. The van der Waals surface area contributed by atoms with Crippen LogP contribution in [0.2, 0.25) is 0 Å². The number of sulfone groups is 1. The third-order valence-electron chi connectivity index (χ3n) is 3.36. The molecule has 0 aliphatic carbocycles. The first kappa shape index (κ1) is 19.7. The summed E-state index contributed by atoms with van der Waals surface area (Å²) in [6.45, 7) is 1.45. The lowest BCUT2D eigenvalue weighted by Crippen LogP contribution is -2.14. The second-order valence-corrected chi connectivity index (χ2v) is 8.74. The second-order valence-electron chi connectivity index (χ2n) is 5.14. The maximum atomic E-state index is 12.5. The lowest BCUT2D eigenvalue weighted by Gasteiger charge is -2.09. The molecule has 0 saturated carbocycles. The Bertz CT molecular complexity index is 1050. The van der Waals surface area contributed by atoms with Gasteiger partial charge in [0.2, 0.25) is 9.84 Å². The third-order valence-corrected chi connectivity index (χ3v) is 6.13. The first-order valence-electron chi connectivity index (χ1n) is 6.85. The van der Waals surface area contributed by atoms with E-state index >= 15 is 0 Å². The van der Waals surface area contributed by atoms with Gasteiger partial charge >= 0.3 is 5.76 Å². The Morgan fingerprint density at radius 3 is 2.04 bits per heavy atom. The fourth-order valence-corrected chi connectivity index (χ4v) is 3.78. The summed E-state index contributed by atoms with van der Waals surface area (Å²) >= 11 is 0. The van der Waals surface area contributed by atoms with E-state index in [0.717, 1.165) is 30.3 Å². The quantitative estimate of drug-likeness (QED) is 0.581. The Morgan fingerprint density at radius 1 is 1.00 bits per heavy atom. The Hall–Kier alpha value is -2.60. The van der Waals surface area contributed by atoms with Crippen LogP contribution in [0.3, 0.4) is 0 Å². The molecule has 0 radical (unpaired) electrons. The van der Waals surface area contributed by atoms with E-state index in [4.69, 9.17) is 0 Å². The number of nitrogens with one attached hydrogen (secondary N) is 1. The van der Waals surface area contributed by atoms with Gasteiger partial charge in [0.15, 0.2) is 0 Å². The lowest BCUT2D eigenvalue weighted by molar-refractivity contribution is -0.385.